The molecular formula is C20H21N3O4. The number of piperidine rings is 1. The van der Waals surface area contributed by atoms with E-state index in [1.165, 1.54) is 0 Å². The number of benzene rings is 1. The second-order valence-electron chi connectivity index (χ2n) is 6.67. The highest BCUT2D eigenvalue weighted by molar-refractivity contribution is 5.92. The van der Waals surface area contributed by atoms with Gasteiger partial charge in [0, 0.05) is 25.2 Å². The van der Waals surface area contributed by atoms with Gasteiger partial charge in [0.25, 0.3) is 5.91 Å². The Labute approximate surface area is 157 Å². The maximum Gasteiger partial charge on any atom is 0.267 e. The first-order chi connectivity index (χ1) is 13.2. The summed E-state index contributed by atoms with van der Waals surface area (Å²) >= 11 is 0. The van der Waals surface area contributed by atoms with Crippen LogP contribution in [0.2, 0.25) is 0 Å². The Hall–Kier alpha value is -3.09. The molecular weight excluding hydrogens is 346 g/mol. The number of likely N-dealkylation sites (tertiary alicyclic amines) is 1. The van der Waals surface area contributed by atoms with Crippen molar-refractivity contribution in [3.05, 3.63) is 48.7 Å². The second-order valence-corrected chi connectivity index (χ2v) is 6.67. The third-order valence-electron chi connectivity index (χ3n) is 4.88. The number of hydrogen-bond donors (Lipinski definition) is 1. The van der Waals surface area contributed by atoms with Gasteiger partial charge in [0.15, 0.2) is 11.5 Å². The standard InChI is InChI=1S/C20H21N3O4/c24-19(22-18-7-3-4-10-21-18)14-8-11-23(12-9-14)20(25)17-13-26-15-5-1-2-6-16(15)27-17/h1-7,10,14,17H,8-9,11-13H2,(H,21,22,24)/t17-/m1/s1. The van der Waals surface area contributed by atoms with Crippen molar-refractivity contribution >= 4 is 17.6 Å². The highest BCUT2D eigenvalue weighted by atomic mass is 16.6. The highest BCUT2D eigenvalue weighted by Gasteiger charge is 2.34. The van der Waals surface area contributed by atoms with Gasteiger partial charge in [-0.3, -0.25) is 9.59 Å². The van der Waals surface area contributed by atoms with Crippen LogP contribution in [0.15, 0.2) is 48.7 Å². The van der Waals surface area contributed by atoms with E-state index in [2.05, 4.69) is 10.3 Å². The number of anilines is 1. The fraction of sp³-hybridized carbons (Fsp3) is 0.350. The zero-order valence-corrected chi connectivity index (χ0v) is 14.8. The predicted octanol–water partition coefficient (Wildman–Crippen LogP) is 2.10. The molecule has 7 nitrogen and oxygen atoms in total. The van der Waals surface area contributed by atoms with Crippen molar-refractivity contribution in [1.82, 2.24) is 9.88 Å². The molecule has 0 aliphatic carbocycles. The van der Waals surface area contributed by atoms with Crippen molar-refractivity contribution in [2.24, 2.45) is 5.92 Å². The lowest BCUT2D eigenvalue weighted by atomic mass is 9.95. The van der Waals surface area contributed by atoms with Gasteiger partial charge in [0.05, 0.1) is 0 Å². The lowest BCUT2D eigenvalue weighted by Gasteiger charge is -2.35. The molecule has 0 radical (unpaired) electrons. The van der Waals surface area contributed by atoms with E-state index in [1.807, 2.05) is 24.3 Å². The molecule has 2 aliphatic rings. The number of pyridine rings is 1. The first-order valence-electron chi connectivity index (χ1n) is 9.10. The van der Waals surface area contributed by atoms with Crippen molar-refractivity contribution < 1.29 is 19.1 Å². The molecule has 1 saturated heterocycles. The molecule has 0 saturated carbocycles. The van der Waals surface area contributed by atoms with E-state index in [-0.39, 0.29) is 24.3 Å². The molecule has 0 unspecified atom stereocenters. The summed E-state index contributed by atoms with van der Waals surface area (Å²) in [5.74, 6) is 1.53. The minimum atomic E-state index is -0.640. The number of nitrogens with one attached hydrogen (secondary N) is 1. The van der Waals surface area contributed by atoms with E-state index >= 15 is 0 Å². The molecule has 3 heterocycles. The Morgan fingerprint density at radius 3 is 2.52 bits per heavy atom. The third-order valence-corrected chi connectivity index (χ3v) is 4.88. The maximum atomic E-state index is 12.7. The molecule has 7 heteroatoms. The monoisotopic (exact) mass is 367 g/mol. The zero-order valence-electron chi connectivity index (χ0n) is 14.8. The highest BCUT2D eigenvalue weighted by Crippen LogP contribution is 2.31. The second kappa shape index (κ2) is 7.65. The molecule has 1 atom stereocenters. The van der Waals surface area contributed by atoms with Crippen molar-refractivity contribution in [1.29, 1.82) is 0 Å². The molecule has 2 aromatic rings. The number of rotatable bonds is 3. The van der Waals surface area contributed by atoms with Gasteiger partial charge in [-0.15, -0.1) is 0 Å². The maximum absolute atomic E-state index is 12.7. The van der Waals surface area contributed by atoms with Crippen LogP contribution in [0.5, 0.6) is 11.5 Å². The molecule has 140 valence electrons. The molecule has 1 aromatic heterocycles. The van der Waals surface area contributed by atoms with Gasteiger partial charge in [0.2, 0.25) is 12.0 Å². The Kier molecular flexibility index (Phi) is 4.91. The Morgan fingerprint density at radius 2 is 1.78 bits per heavy atom. The largest absolute Gasteiger partial charge is 0.485 e. The third kappa shape index (κ3) is 3.86. The van der Waals surface area contributed by atoms with Crippen LogP contribution >= 0.6 is 0 Å². The van der Waals surface area contributed by atoms with E-state index in [0.717, 1.165) is 0 Å². The van der Waals surface area contributed by atoms with Gasteiger partial charge in [-0.05, 0) is 37.1 Å². The lowest BCUT2D eigenvalue weighted by Crippen LogP contribution is -2.50. The van der Waals surface area contributed by atoms with Crippen molar-refractivity contribution in [3.63, 3.8) is 0 Å². The van der Waals surface area contributed by atoms with E-state index < -0.39 is 6.10 Å². The van der Waals surface area contributed by atoms with Crippen molar-refractivity contribution in [2.75, 3.05) is 25.0 Å². The zero-order chi connectivity index (χ0) is 18.6. The summed E-state index contributed by atoms with van der Waals surface area (Å²) in [7, 11) is 0. The average Bonchev–Trinajstić information content (AvgIpc) is 2.73. The SMILES string of the molecule is O=C(Nc1ccccn1)C1CCN(C(=O)[C@H]2COc3ccccc3O2)CC1. The lowest BCUT2D eigenvalue weighted by molar-refractivity contribution is -0.143. The number of ether oxygens (including phenoxy) is 2. The van der Waals surface area contributed by atoms with Gasteiger partial charge in [0.1, 0.15) is 12.4 Å². The first-order valence-corrected chi connectivity index (χ1v) is 9.10. The van der Waals surface area contributed by atoms with E-state index in [1.54, 1.807) is 29.3 Å². The summed E-state index contributed by atoms with van der Waals surface area (Å²) in [6.45, 7) is 1.26. The summed E-state index contributed by atoms with van der Waals surface area (Å²) in [4.78, 5) is 31.0. The minimum Gasteiger partial charge on any atom is -0.485 e. The molecule has 27 heavy (non-hydrogen) atoms. The first kappa shape index (κ1) is 17.3. The van der Waals surface area contributed by atoms with Crippen LogP contribution in [-0.2, 0) is 9.59 Å². The number of fused-ring (bicyclic) bond motifs is 1. The summed E-state index contributed by atoms with van der Waals surface area (Å²) in [5, 5.41) is 2.83. The van der Waals surface area contributed by atoms with Crippen LogP contribution in [0.25, 0.3) is 0 Å². The van der Waals surface area contributed by atoms with Gasteiger partial charge in [-0.1, -0.05) is 18.2 Å². The molecule has 0 bridgehead atoms. The van der Waals surface area contributed by atoms with Crippen LogP contribution in [0.3, 0.4) is 0 Å². The van der Waals surface area contributed by atoms with Crippen LogP contribution in [0.4, 0.5) is 5.82 Å². The molecule has 4 rings (SSSR count). The van der Waals surface area contributed by atoms with Crippen LogP contribution in [0, 0.1) is 5.92 Å². The van der Waals surface area contributed by atoms with E-state index in [4.69, 9.17) is 9.47 Å². The molecule has 0 spiro atoms. The molecule has 1 fully saturated rings. The Bertz CT molecular complexity index is 819. The molecule has 1 aromatic carbocycles. The van der Waals surface area contributed by atoms with Crippen LogP contribution in [0.1, 0.15) is 12.8 Å². The fourth-order valence-electron chi connectivity index (χ4n) is 3.37. The minimum absolute atomic E-state index is 0.0491. The summed E-state index contributed by atoms with van der Waals surface area (Å²) in [6, 6.07) is 12.7. The van der Waals surface area contributed by atoms with Crippen LogP contribution < -0.4 is 14.8 Å². The number of carbonyl (C=O) groups excluding carboxylic acids is 2. The van der Waals surface area contributed by atoms with Crippen molar-refractivity contribution in [3.8, 4) is 11.5 Å². The summed E-state index contributed by atoms with van der Waals surface area (Å²) in [6.07, 6.45) is 2.24. The average molecular weight is 367 g/mol. The number of hydrogen-bond acceptors (Lipinski definition) is 5. The number of carbonyl (C=O) groups is 2. The smallest absolute Gasteiger partial charge is 0.267 e. The Morgan fingerprint density at radius 1 is 1.04 bits per heavy atom. The van der Waals surface area contributed by atoms with Crippen LogP contribution in [-0.4, -0.2) is 47.5 Å². The van der Waals surface area contributed by atoms with Crippen molar-refractivity contribution in [2.45, 2.75) is 18.9 Å². The summed E-state index contributed by atoms with van der Waals surface area (Å²) in [5.41, 5.74) is 0. The number of amides is 2. The van der Waals surface area contributed by atoms with E-state index in [0.29, 0.717) is 43.2 Å². The van der Waals surface area contributed by atoms with Gasteiger partial charge in [-0.25, -0.2) is 4.98 Å². The summed E-state index contributed by atoms with van der Waals surface area (Å²) < 4.78 is 11.4. The Balaban J connectivity index is 1.30. The van der Waals surface area contributed by atoms with Gasteiger partial charge >= 0.3 is 0 Å². The predicted molar refractivity (Wildman–Crippen MR) is 98.5 cm³/mol. The van der Waals surface area contributed by atoms with Gasteiger partial charge < -0.3 is 19.7 Å². The molecule has 2 aliphatic heterocycles. The van der Waals surface area contributed by atoms with Gasteiger partial charge in [-0.2, -0.15) is 0 Å². The molecule has 2 amide bonds. The number of para-hydroxylation sites is 2. The number of nitrogens with zero attached hydrogens (tertiary/aromatic N) is 2. The van der Waals surface area contributed by atoms with E-state index in [9.17, 15) is 9.59 Å². The quantitative estimate of drug-likeness (QED) is 0.899. The normalized spacial score (nSPS) is 19.4. The topological polar surface area (TPSA) is 80.8 Å². The number of aromatic nitrogens is 1. The fourth-order valence-corrected chi connectivity index (χ4v) is 3.37. The molecule has 1 N–H and O–H groups in total.